The number of halogens is 1. The molecule has 1 aliphatic heterocycles. The molecule has 0 unspecified atom stereocenters. The molecular weight excluding hydrogens is 362 g/mol. The van der Waals surface area contributed by atoms with Gasteiger partial charge in [-0.25, -0.2) is 9.97 Å². The minimum absolute atomic E-state index is 0.00764. The number of imidazole rings is 1. The lowest BCUT2D eigenvalue weighted by Gasteiger charge is -2.28. The van der Waals surface area contributed by atoms with E-state index in [0.717, 1.165) is 0 Å². The Bertz CT molecular complexity index is 990. The van der Waals surface area contributed by atoms with Gasteiger partial charge in [-0.3, -0.25) is 9.59 Å². The Labute approximate surface area is 151 Å². The molecule has 0 saturated carbocycles. The van der Waals surface area contributed by atoms with Gasteiger partial charge in [0.2, 0.25) is 11.8 Å². The average Bonchev–Trinajstić information content (AvgIpc) is 3.00. The van der Waals surface area contributed by atoms with Crippen LogP contribution in [-0.4, -0.2) is 39.1 Å². The van der Waals surface area contributed by atoms with Gasteiger partial charge < -0.3 is 15.2 Å². The second-order valence-electron chi connectivity index (χ2n) is 5.40. The van der Waals surface area contributed by atoms with E-state index >= 15 is 0 Å². The average molecular weight is 374 g/mol. The van der Waals surface area contributed by atoms with Gasteiger partial charge in [0.15, 0.2) is 10.8 Å². The third-order valence-electron chi connectivity index (χ3n) is 3.69. The number of rotatable bonds is 3. The number of benzene rings is 1. The Morgan fingerprint density at radius 3 is 3.08 bits per heavy atom. The number of nitrogens with one attached hydrogen (secondary N) is 2. The quantitative estimate of drug-likeness (QED) is 0.689. The van der Waals surface area contributed by atoms with Gasteiger partial charge in [-0.2, -0.15) is 0 Å². The lowest BCUT2D eigenvalue weighted by molar-refractivity contribution is -0.120. The zero-order valence-electron chi connectivity index (χ0n) is 12.8. The number of hydrogen-bond acceptors (Lipinski definition) is 5. The molecule has 126 valence electrons. The SMILES string of the molecule is O=C1CN(C(=O)CSc2nc3ncc(Cl)cc3[nH]2)c2ccccc2N1. The van der Waals surface area contributed by atoms with Gasteiger partial charge in [0, 0.05) is 6.20 Å². The molecule has 0 spiro atoms. The van der Waals surface area contributed by atoms with Crippen LogP contribution in [0.25, 0.3) is 11.2 Å². The van der Waals surface area contributed by atoms with Gasteiger partial charge in [-0.1, -0.05) is 35.5 Å². The minimum Gasteiger partial charge on any atom is -0.331 e. The fourth-order valence-electron chi connectivity index (χ4n) is 2.58. The molecule has 9 heteroatoms. The maximum atomic E-state index is 12.6. The summed E-state index contributed by atoms with van der Waals surface area (Å²) in [5.74, 6) is -0.229. The predicted octanol–water partition coefficient (Wildman–Crippen LogP) is 2.69. The van der Waals surface area contributed by atoms with Crippen LogP contribution >= 0.6 is 23.4 Å². The summed E-state index contributed by atoms with van der Waals surface area (Å²) in [6.45, 7) is 0.00764. The number of para-hydroxylation sites is 2. The van der Waals surface area contributed by atoms with Crippen molar-refractivity contribution in [3.05, 3.63) is 41.6 Å². The number of fused-ring (bicyclic) bond motifs is 2. The van der Waals surface area contributed by atoms with Crippen molar-refractivity contribution in [2.24, 2.45) is 0 Å². The van der Waals surface area contributed by atoms with Crippen LogP contribution in [0.5, 0.6) is 0 Å². The van der Waals surface area contributed by atoms with Crippen LogP contribution in [0.1, 0.15) is 0 Å². The molecule has 2 N–H and O–H groups in total. The number of anilines is 2. The van der Waals surface area contributed by atoms with Gasteiger partial charge in [0.05, 0.1) is 27.7 Å². The predicted molar refractivity (Wildman–Crippen MR) is 97.0 cm³/mol. The van der Waals surface area contributed by atoms with Crippen LogP contribution < -0.4 is 10.2 Å². The van der Waals surface area contributed by atoms with Crippen molar-refractivity contribution in [3.8, 4) is 0 Å². The Hall–Kier alpha value is -2.58. The normalized spacial score (nSPS) is 13.6. The molecule has 0 saturated heterocycles. The number of carbonyl (C=O) groups excluding carboxylic acids is 2. The first-order valence-corrected chi connectivity index (χ1v) is 8.80. The van der Waals surface area contributed by atoms with E-state index in [1.54, 1.807) is 12.1 Å². The smallest absolute Gasteiger partial charge is 0.244 e. The summed E-state index contributed by atoms with van der Waals surface area (Å²) < 4.78 is 0. The lowest BCUT2D eigenvalue weighted by atomic mass is 10.2. The van der Waals surface area contributed by atoms with Crippen molar-refractivity contribution in [2.75, 3.05) is 22.5 Å². The summed E-state index contributed by atoms with van der Waals surface area (Å²) >= 11 is 7.16. The van der Waals surface area contributed by atoms with Crippen molar-refractivity contribution in [1.82, 2.24) is 15.0 Å². The fourth-order valence-corrected chi connectivity index (χ4v) is 3.49. The summed E-state index contributed by atoms with van der Waals surface area (Å²) in [7, 11) is 0. The topological polar surface area (TPSA) is 91.0 Å². The van der Waals surface area contributed by atoms with E-state index in [0.29, 0.717) is 32.7 Å². The zero-order valence-corrected chi connectivity index (χ0v) is 14.4. The molecule has 0 fully saturated rings. The number of nitrogens with zero attached hydrogens (tertiary/aromatic N) is 3. The van der Waals surface area contributed by atoms with Crippen molar-refractivity contribution >= 4 is 57.7 Å². The highest BCUT2D eigenvalue weighted by Crippen LogP contribution is 2.30. The Balaban J connectivity index is 1.51. The molecule has 3 aromatic rings. The molecule has 4 rings (SSSR count). The van der Waals surface area contributed by atoms with Crippen molar-refractivity contribution < 1.29 is 9.59 Å². The van der Waals surface area contributed by atoms with Crippen molar-refractivity contribution in [3.63, 3.8) is 0 Å². The third-order valence-corrected chi connectivity index (χ3v) is 4.75. The monoisotopic (exact) mass is 373 g/mol. The Kier molecular flexibility index (Phi) is 4.06. The largest absolute Gasteiger partial charge is 0.331 e. The lowest BCUT2D eigenvalue weighted by Crippen LogP contribution is -2.43. The van der Waals surface area contributed by atoms with E-state index in [2.05, 4.69) is 20.3 Å². The summed E-state index contributed by atoms with van der Waals surface area (Å²) in [5, 5.41) is 3.85. The molecule has 1 aromatic carbocycles. The second-order valence-corrected chi connectivity index (χ2v) is 6.80. The number of hydrogen-bond donors (Lipinski definition) is 2. The molecule has 3 heterocycles. The van der Waals surface area contributed by atoms with E-state index in [4.69, 9.17) is 11.6 Å². The summed E-state index contributed by atoms with van der Waals surface area (Å²) in [6.07, 6.45) is 1.52. The van der Waals surface area contributed by atoms with Crippen molar-refractivity contribution in [1.29, 1.82) is 0 Å². The highest BCUT2D eigenvalue weighted by atomic mass is 35.5. The number of aromatic nitrogens is 3. The molecule has 1 aliphatic rings. The van der Waals surface area contributed by atoms with Gasteiger partial charge >= 0.3 is 0 Å². The summed E-state index contributed by atoms with van der Waals surface area (Å²) in [4.78, 5) is 37.4. The first-order chi connectivity index (χ1) is 12.1. The van der Waals surface area contributed by atoms with Gasteiger partial charge in [0.1, 0.15) is 6.54 Å². The number of pyridine rings is 1. The van der Waals surface area contributed by atoms with E-state index in [-0.39, 0.29) is 24.1 Å². The fraction of sp³-hybridized carbons (Fsp3) is 0.125. The minimum atomic E-state index is -0.209. The van der Waals surface area contributed by atoms with E-state index in [1.165, 1.54) is 22.9 Å². The van der Waals surface area contributed by atoms with Crippen molar-refractivity contribution in [2.45, 2.75) is 5.16 Å². The van der Waals surface area contributed by atoms with Crippen LogP contribution in [0.15, 0.2) is 41.7 Å². The molecule has 0 aliphatic carbocycles. The highest BCUT2D eigenvalue weighted by molar-refractivity contribution is 7.99. The van der Waals surface area contributed by atoms with Crippen LogP contribution in [-0.2, 0) is 9.59 Å². The first kappa shape index (κ1) is 15.9. The van der Waals surface area contributed by atoms with Crippen LogP contribution in [0.2, 0.25) is 5.02 Å². The summed E-state index contributed by atoms with van der Waals surface area (Å²) in [6, 6.07) is 8.96. The van der Waals surface area contributed by atoms with E-state index in [1.807, 2.05) is 18.2 Å². The van der Waals surface area contributed by atoms with Gasteiger partial charge in [-0.05, 0) is 18.2 Å². The van der Waals surface area contributed by atoms with Crippen LogP contribution in [0, 0.1) is 0 Å². The number of carbonyl (C=O) groups is 2. The highest BCUT2D eigenvalue weighted by Gasteiger charge is 2.26. The molecule has 25 heavy (non-hydrogen) atoms. The van der Waals surface area contributed by atoms with E-state index in [9.17, 15) is 9.59 Å². The Morgan fingerprint density at radius 1 is 1.36 bits per heavy atom. The number of aromatic amines is 1. The standard InChI is InChI=1S/C16H12ClN5O2S/c17-9-5-11-15(18-6-9)21-16(20-11)25-8-14(24)22-7-13(23)19-10-3-1-2-4-12(10)22/h1-6H,7-8H2,(H,19,23)(H,18,20,21). The van der Waals surface area contributed by atoms with Crippen LogP contribution in [0.3, 0.4) is 0 Å². The maximum Gasteiger partial charge on any atom is 0.244 e. The second kappa shape index (κ2) is 6.38. The van der Waals surface area contributed by atoms with Crippen LogP contribution in [0.4, 0.5) is 11.4 Å². The number of amides is 2. The molecule has 2 amide bonds. The molecule has 0 radical (unpaired) electrons. The van der Waals surface area contributed by atoms with Gasteiger partial charge in [-0.15, -0.1) is 0 Å². The Morgan fingerprint density at radius 2 is 2.20 bits per heavy atom. The maximum absolute atomic E-state index is 12.6. The number of H-pyrrole nitrogens is 1. The molecule has 0 atom stereocenters. The van der Waals surface area contributed by atoms with Gasteiger partial charge in [0.25, 0.3) is 0 Å². The molecule has 0 bridgehead atoms. The van der Waals surface area contributed by atoms with E-state index < -0.39 is 0 Å². The molecule has 7 nitrogen and oxygen atoms in total. The summed E-state index contributed by atoms with van der Waals surface area (Å²) in [5.41, 5.74) is 2.60. The number of thioether (sulfide) groups is 1. The molecule has 2 aromatic heterocycles. The molecular formula is C16H12ClN5O2S. The third kappa shape index (κ3) is 3.18. The first-order valence-electron chi connectivity index (χ1n) is 7.43. The zero-order chi connectivity index (χ0) is 17.4.